The largest absolute Gasteiger partial charge is 0.494 e. The predicted octanol–water partition coefficient (Wildman–Crippen LogP) is 3.17. The van der Waals surface area contributed by atoms with E-state index in [1.807, 2.05) is 72.2 Å². The van der Waals surface area contributed by atoms with Gasteiger partial charge in [0.05, 0.1) is 13.2 Å². The van der Waals surface area contributed by atoms with Gasteiger partial charge in [0.1, 0.15) is 11.2 Å². The van der Waals surface area contributed by atoms with E-state index in [4.69, 9.17) is 4.74 Å². The quantitative estimate of drug-likeness (QED) is 0.430. The Morgan fingerprint density at radius 3 is 2.41 bits per heavy atom. The van der Waals surface area contributed by atoms with Crippen molar-refractivity contribution < 1.29 is 19.1 Å². The molecule has 2 unspecified atom stereocenters. The monoisotopic (exact) mass is 554 g/mol. The fraction of sp³-hybridized carbons (Fsp3) is 0.375. The van der Waals surface area contributed by atoms with Gasteiger partial charge >= 0.3 is 6.03 Å². The van der Waals surface area contributed by atoms with Crippen LogP contribution in [0, 0.1) is 11.3 Å². The molecule has 0 aliphatic carbocycles. The van der Waals surface area contributed by atoms with E-state index in [0.29, 0.717) is 32.0 Å². The SMILES string of the molecule is CCOc1ccc(CC2(CN3CC4C[C@H](C3)c3cccc(=O)n3C4)C(=O)NC(=O)N(Cc3ccccc3)C2=O)cc1. The molecule has 3 aromatic rings. The highest BCUT2D eigenvalue weighted by atomic mass is 16.5. The van der Waals surface area contributed by atoms with Crippen LogP contribution in [0.25, 0.3) is 0 Å². The minimum Gasteiger partial charge on any atom is -0.494 e. The van der Waals surface area contributed by atoms with Gasteiger partial charge in [0.2, 0.25) is 11.8 Å². The maximum Gasteiger partial charge on any atom is 0.331 e. The van der Waals surface area contributed by atoms with Crippen LogP contribution in [0.3, 0.4) is 0 Å². The Bertz CT molecular complexity index is 1520. The van der Waals surface area contributed by atoms with Crippen LogP contribution < -0.4 is 15.6 Å². The van der Waals surface area contributed by atoms with Gasteiger partial charge in [0.25, 0.3) is 5.56 Å². The van der Waals surface area contributed by atoms with E-state index in [1.54, 1.807) is 12.1 Å². The number of hydrogen-bond acceptors (Lipinski definition) is 6. The van der Waals surface area contributed by atoms with Crippen molar-refractivity contribution in [3.8, 4) is 5.75 Å². The molecule has 2 aromatic carbocycles. The molecule has 2 saturated heterocycles. The molecule has 6 rings (SSSR count). The fourth-order valence-electron chi connectivity index (χ4n) is 6.72. The van der Waals surface area contributed by atoms with Gasteiger partial charge in [-0.05, 0) is 55.0 Å². The van der Waals surface area contributed by atoms with Crippen LogP contribution in [0.15, 0.2) is 77.6 Å². The molecular weight excluding hydrogens is 520 g/mol. The second-order valence-corrected chi connectivity index (χ2v) is 11.4. The van der Waals surface area contributed by atoms with Gasteiger partial charge in [-0.1, -0.05) is 48.5 Å². The molecule has 2 bridgehead atoms. The number of carbonyl (C=O) groups is 3. The smallest absolute Gasteiger partial charge is 0.331 e. The van der Waals surface area contributed by atoms with Gasteiger partial charge in [0, 0.05) is 43.9 Å². The lowest BCUT2D eigenvalue weighted by Crippen LogP contribution is -2.67. The lowest BCUT2D eigenvalue weighted by Gasteiger charge is -2.47. The fourth-order valence-corrected chi connectivity index (χ4v) is 6.72. The third-order valence-electron chi connectivity index (χ3n) is 8.53. The Morgan fingerprint density at radius 1 is 0.878 bits per heavy atom. The van der Waals surface area contributed by atoms with E-state index in [-0.39, 0.29) is 36.9 Å². The molecule has 4 heterocycles. The first-order valence-corrected chi connectivity index (χ1v) is 14.2. The molecule has 1 aromatic heterocycles. The molecule has 0 spiro atoms. The number of barbiturate groups is 1. The number of rotatable bonds is 8. The molecule has 3 aliphatic rings. The Kier molecular flexibility index (Phi) is 7.21. The minimum atomic E-state index is -1.50. The lowest BCUT2D eigenvalue weighted by atomic mass is 9.75. The molecule has 212 valence electrons. The van der Waals surface area contributed by atoms with Crippen molar-refractivity contribution in [1.29, 1.82) is 0 Å². The van der Waals surface area contributed by atoms with E-state index in [9.17, 15) is 19.2 Å². The van der Waals surface area contributed by atoms with Crippen molar-refractivity contribution in [3.63, 3.8) is 0 Å². The first-order valence-electron chi connectivity index (χ1n) is 14.2. The van der Waals surface area contributed by atoms with Crippen LogP contribution in [0.5, 0.6) is 5.75 Å². The number of ether oxygens (including phenoxy) is 1. The Morgan fingerprint density at radius 2 is 1.66 bits per heavy atom. The number of amides is 4. The summed E-state index contributed by atoms with van der Waals surface area (Å²) in [5.74, 6) is 0.00757. The zero-order valence-electron chi connectivity index (χ0n) is 23.1. The van der Waals surface area contributed by atoms with Gasteiger partial charge in [-0.15, -0.1) is 0 Å². The molecule has 3 atom stereocenters. The first-order chi connectivity index (χ1) is 19.9. The van der Waals surface area contributed by atoms with Crippen molar-refractivity contribution in [1.82, 2.24) is 19.7 Å². The molecule has 41 heavy (non-hydrogen) atoms. The van der Waals surface area contributed by atoms with Crippen LogP contribution in [0.2, 0.25) is 0 Å². The molecule has 9 heteroatoms. The summed E-state index contributed by atoms with van der Waals surface area (Å²) in [6, 6.07) is 21.4. The normalized spacial score (nSPS) is 24.1. The van der Waals surface area contributed by atoms with Crippen LogP contribution in [-0.2, 0) is 29.1 Å². The Hall–Kier alpha value is -4.24. The van der Waals surface area contributed by atoms with Crippen LogP contribution in [-0.4, -0.2) is 58.5 Å². The van der Waals surface area contributed by atoms with Crippen molar-refractivity contribution >= 4 is 17.8 Å². The number of pyridine rings is 1. The summed E-state index contributed by atoms with van der Waals surface area (Å²) in [5.41, 5.74) is 1.11. The highest BCUT2D eigenvalue weighted by Crippen LogP contribution is 2.38. The van der Waals surface area contributed by atoms with Gasteiger partial charge in [0.15, 0.2) is 0 Å². The van der Waals surface area contributed by atoms with Gasteiger partial charge in [-0.2, -0.15) is 0 Å². The van der Waals surface area contributed by atoms with Crippen molar-refractivity contribution in [2.75, 3.05) is 26.2 Å². The summed E-state index contributed by atoms with van der Waals surface area (Å²) in [6.45, 7) is 4.60. The van der Waals surface area contributed by atoms with Gasteiger partial charge in [-0.3, -0.25) is 24.6 Å². The third kappa shape index (κ3) is 5.17. The topological polar surface area (TPSA) is 101 Å². The summed E-state index contributed by atoms with van der Waals surface area (Å²) < 4.78 is 7.45. The molecule has 0 radical (unpaired) electrons. The van der Waals surface area contributed by atoms with E-state index in [0.717, 1.165) is 23.2 Å². The summed E-state index contributed by atoms with van der Waals surface area (Å²) >= 11 is 0. The summed E-state index contributed by atoms with van der Waals surface area (Å²) in [7, 11) is 0. The van der Waals surface area contributed by atoms with Crippen molar-refractivity contribution in [3.05, 3.63) is 100.0 Å². The highest BCUT2D eigenvalue weighted by Gasteiger charge is 2.55. The number of hydrogen-bond donors (Lipinski definition) is 1. The zero-order valence-corrected chi connectivity index (χ0v) is 23.1. The number of imide groups is 2. The number of urea groups is 1. The number of nitrogens with one attached hydrogen (secondary N) is 1. The van der Waals surface area contributed by atoms with Crippen LogP contribution >= 0.6 is 0 Å². The Labute approximate surface area is 238 Å². The summed E-state index contributed by atoms with van der Waals surface area (Å²) in [6.07, 6.45) is 1.11. The van der Waals surface area contributed by atoms with E-state index in [1.165, 1.54) is 4.90 Å². The predicted molar refractivity (Wildman–Crippen MR) is 152 cm³/mol. The maximum atomic E-state index is 14.4. The second kappa shape index (κ2) is 11.0. The van der Waals surface area contributed by atoms with Crippen LogP contribution in [0.1, 0.15) is 36.1 Å². The van der Waals surface area contributed by atoms with E-state index >= 15 is 0 Å². The Balaban J connectivity index is 1.34. The number of aromatic nitrogens is 1. The molecule has 3 aliphatic heterocycles. The van der Waals surface area contributed by atoms with Gasteiger partial charge in [-0.25, -0.2) is 4.79 Å². The van der Waals surface area contributed by atoms with Crippen molar-refractivity contribution in [2.45, 2.75) is 38.8 Å². The second-order valence-electron chi connectivity index (χ2n) is 11.4. The average Bonchev–Trinajstić information content (AvgIpc) is 2.96. The van der Waals surface area contributed by atoms with Gasteiger partial charge < -0.3 is 14.2 Å². The number of nitrogens with zero attached hydrogens (tertiary/aromatic N) is 3. The highest BCUT2D eigenvalue weighted by molar-refractivity contribution is 6.19. The molecule has 0 saturated carbocycles. The maximum absolute atomic E-state index is 14.4. The molecule has 4 amide bonds. The average molecular weight is 555 g/mol. The van der Waals surface area contributed by atoms with Crippen molar-refractivity contribution in [2.24, 2.45) is 11.3 Å². The zero-order chi connectivity index (χ0) is 28.6. The number of piperidine rings is 1. The number of benzene rings is 2. The third-order valence-corrected chi connectivity index (χ3v) is 8.53. The number of fused-ring (bicyclic) bond motifs is 4. The molecular formula is C32H34N4O5. The summed E-state index contributed by atoms with van der Waals surface area (Å²) in [5, 5.41) is 2.52. The first kappa shape index (κ1) is 27.0. The summed E-state index contributed by atoms with van der Waals surface area (Å²) in [4.78, 5) is 57.0. The number of likely N-dealkylation sites (tertiary alicyclic amines) is 1. The van der Waals surface area contributed by atoms with Crippen LogP contribution in [0.4, 0.5) is 4.79 Å². The van der Waals surface area contributed by atoms with E-state index < -0.39 is 23.3 Å². The minimum absolute atomic E-state index is 0.00882. The molecule has 9 nitrogen and oxygen atoms in total. The number of carbonyl (C=O) groups excluding carboxylic acids is 3. The molecule has 1 N–H and O–H groups in total. The molecule has 2 fully saturated rings. The van der Waals surface area contributed by atoms with E-state index in [2.05, 4.69) is 10.2 Å². The standard InChI is InChI=1S/C32H34N4O5/c1-2-41-26-13-11-22(12-14-26)16-32(29(38)33-31(40)36(30(32)39)18-23-7-4-3-5-8-23)21-34-17-24-15-25(20-34)27-9-6-10-28(37)35(27)19-24/h3-14,24-25H,2,15-21H2,1H3,(H,33,38,40)/t24?,25-,32?/m1/s1. The lowest BCUT2D eigenvalue weighted by molar-refractivity contribution is -0.154.